The molecule has 0 radical (unpaired) electrons. The van der Waals surface area contributed by atoms with E-state index in [-0.39, 0.29) is 29.8 Å². The molecule has 0 bridgehead atoms. The summed E-state index contributed by atoms with van der Waals surface area (Å²) in [5.41, 5.74) is 0.243. The molecule has 0 aliphatic carbocycles. The van der Waals surface area contributed by atoms with E-state index in [1.54, 1.807) is 30.2 Å². The van der Waals surface area contributed by atoms with Crippen molar-refractivity contribution in [3.63, 3.8) is 0 Å². The predicted octanol–water partition coefficient (Wildman–Crippen LogP) is 3.01. The molecule has 1 amide bonds. The Morgan fingerprint density at radius 3 is 2.83 bits per heavy atom. The number of hydrogen-bond donors (Lipinski definition) is 0. The van der Waals surface area contributed by atoms with Gasteiger partial charge >= 0.3 is 0 Å². The lowest BCUT2D eigenvalue weighted by Gasteiger charge is -2.37. The summed E-state index contributed by atoms with van der Waals surface area (Å²) in [7, 11) is 1.60. The quantitative estimate of drug-likeness (QED) is 0.808. The molecule has 1 aliphatic heterocycles. The van der Waals surface area contributed by atoms with Gasteiger partial charge < -0.3 is 14.4 Å². The van der Waals surface area contributed by atoms with Gasteiger partial charge in [-0.15, -0.1) is 0 Å². The molecule has 2 rings (SSSR count). The molecule has 0 unspecified atom stereocenters. The molecule has 128 valence electrons. The fourth-order valence-electron chi connectivity index (χ4n) is 3.00. The van der Waals surface area contributed by atoms with E-state index in [1.807, 2.05) is 13.8 Å². The average molecular weight is 323 g/mol. The van der Waals surface area contributed by atoms with E-state index >= 15 is 0 Å². The van der Waals surface area contributed by atoms with Crippen molar-refractivity contribution in [1.82, 2.24) is 4.90 Å². The van der Waals surface area contributed by atoms with Gasteiger partial charge in [0.1, 0.15) is 5.82 Å². The molecule has 23 heavy (non-hydrogen) atoms. The summed E-state index contributed by atoms with van der Waals surface area (Å²) in [4.78, 5) is 14.6. The number of nitrogens with zero attached hydrogens (tertiary/aromatic N) is 1. The molecular formula is C18H26FNO3. The lowest BCUT2D eigenvalue weighted by Crippen LogP contribution is -2.44. The molecule has 1 fully saturated rings. The third kappa shape index (κ3) is 5.01. The molecule has 1 heterocycles. The zero-order valence-electron chi connectivity index (χ0n) is 14.2. The molecule has 1 aromatic carbocycles. The van der Waals surface area contributed by atoms with Crippen molar-refractivity contribution in [2.45, 2.75) is 38.8 Å². The topological polar surface area (TPSA) is 38.8 Å². The number of hydrogen-bond acceptors (Lipinski definition) is 3. The summed E-state index contributed by atoms with van der Waals surface area (Å²) in [6.07, 6.45) is 1.40. The van der Waals surface area contributed by atoms with Crippen LogP contribution in [0.4, 0.5) is 4.39 Å². The van der Waals surface area contributed by atoms with Crippen molar-refractivity contribution in [2.75, 3.05) is 26.9 Å². The van der Waals surface area contributed by atoms with E-state index in [9.17, 15) is 9.18 Å². The number of amides is 1. The summed E-state index contributed by atoms with van der Waals surface area (Å²) >= 11 is 0. The van der Waals surface area contributed by atoms with Gasteiger partial charge in [-0.05, 0) is 32.8 Å². The molecule has 4 nitrogen and oxygen atoms in total. The predicted molar refractivity (Wildman–Crippen MR) is 86.4 cm³/mol. The fraction of sp³-hybridized carbons (Fsp3) is 0.611. The van der Waals surface area contributed by atoms with Crippen LogP contribution in [-0.2, 0) is 20.8 Å². The molecule has 0 N–H and O–H groups in total. The summed E-state index contributed by atoms with van der Waals surface area (Å²) < 4.78 is 24.7. The Morgan fingerprint density at radius 1 is 1.43 bits per heavy atom. The summed E-state index contributed by atoms with van der Waals surface area (Å²) in [5, 5.41) is 0. The van der Waals surface area contributed by atoms with Gasteiger partial charge in [0.2, 0.25) is 5.91 Å². The molecule has 1 aromatic rings. The highest BCUT2D eigenvalue weighted by atomic mass is 19.1. The lowest BCUT2D eigenvalue weighted by atomic mass is 9.87. The monoisotopic (exact) mass is 323 g/mol. The van der Waals surface area contributed by atoms with E-state index in [4.69, 9.17) is 9.47 Å². The Labute approximate surface area is 137 Å². The minimum atomic E-state index is -0.288. The maximum absolute atomic E-state index is 13.9. The first-order chi connectivity index (χ1) is 10.9. The number of halogens is 1. The molecule has 1 saturated heterocycles. The molecular weight excluding hydrogens is 297 g/mol. The maximum Gasteiger partial charge on any atom is 0.226 e. The second-order valence-corrected chi connectivity index (χ2v) is 6.64. The maximum atomic E-state index is 13.9. The van der Waals surface area contributed by atoms with Gasteiger partial charge in [-0.3, -0.25) is 4.79 Å². The van der Waals surface area contributed by atoms with Crippen molar-refractivity contribution in [3.8, 4) is 0 Å². The van der Waals surface area contributed by atoms with Crippen LogP contribution in [0.3, 0.4) is 0 Å². The third-order valence-corrected chi connectivity index (χ3v) is 4.24. The van der Waals surface area contributed by atoms with Crippen molar-refractivity contribution in [3.05, 3.63) is 35.6 Å². The van der Waals surface area contributed by atoms with Gasteiger partial charge in [-0.25, -0.2) is 4.39 Å². The Kier molecular flexibility index (Phi) is 6.13. The third-order valence-electron chi connectivity index (χ3n) is 4.24. The zero-order valence-corrected chi connectivity index (χ0v) is 14.2. The summed E-state index contributed by atoms with van der Waals surface area (Å²) in [6.45, 7) is 5.76. The number of carbonyl (C=O) groups is 1. The van der Waals surface area contributed by atoms with Crippen molar-refractivity contribution in [1.29, 1.82) is 0 Å². The number of carbonyl (C=O) groups excluding carboxylic acids is 1. The Balaban J connectivity index is 2.10. The molecule has 1 aliphatic rings. The normalized spacial score (nSPS) is 20.3. The first-order valence-corrected chi connectivity index (χ1v) is 8.08. The highest BCUT2D eigenvalue weighted by Crippen LogP contribution is 2.30. The van der Waals surface area contributed by atoms with Gasteiger partial charge in [0.15, 0.2) is 0 Å². The zero-order chi connectivity index (χ0) is 16.9. The number of ether oxygens (including phenoxy) is 2. The van der Waals surface area contributed by atoms with Gasteiger partial charge in [0.05, 0.1) is 12.2 Å². The van der Waals surface area contributed by atoms with E-state index in [0.717, 1.165) is 0 Å². The standard InChI is InChI=1S/C18H26FNO3/c1-18(2)12-14(8-10-23-18)17(21)20(9-11-22-3)13-15-6-4-5-7-16(15)19/h4-7,14H,8-13H2,1-3H3/t14-/m1/s1. The molecule has 0 spiro atoms. The van der Waals surface area contributed by atoms with Crippen molar-refractivity contribution in [2.24, 2.45) is 5.92 Å². The van der Waals surface area contributed by atoms with Crippen LogP contribution in [0.1, 0.15) is 32.3 Å². The number of methoxy groups -OCH3 is 1. The van der Waals surface area contributed by atoms with Gasteiger partial charge in [-0.2, -0.15) is 0 Å². The van der Waals surface area contributed by atoms with E-state index < -0.39 is 0 Å². The largest absolute Gasteiger partial charge is 0.383 e. The van der Waals surface area contributed by atoms with Crippen LogP contribution in [0.5, 0.6) is 0 Å². The Hall–Kier alpha value is -1.46. The van der Waals surface area contributed by atoms with Crippen LogP contribution >= 0.6 is 0 Å². The minimum absolute atomic E-state index is 0.0571. The Morgan fingerprint density at radius 2 is 2.17 bits per heavy atom. The van der Waals surface area contributed by atoms with Gasteiger partial charge in [-0.1, -0.05) is 18.2 Å². The van der Waals surface area contributed by atoms with Gasteiger partial charge in [0.25, 0.3) is 0 Å². The van der Waals surface area contributed by atoms with Crippen molar-refractivity contribution >= 4 is 5.91 Å². The van der Waals surface area contributed by atoms with Crippen LogP contribution in [0.15, 0.2) is 24.3 Å². The van der Waals surface area contributed by atoms with Crippen LogP contribution in [0, 0.1) is 11.7 Å². The number of rotatable bonds is 6. The summed E-state index contributed by atoms with van der Waals surface area (Å²) in [5.74, 6) is -0.306. The molecule has 1 atom stereocenters. The highest BCUT2D eigenvalue weighted by Gasteiger charge is 2.35. The van der Waals surface area contributed by atoms with Crippen LogP contribution < -0.4 is 0 Å². The average Bonchev–Trinajstić information content (AvgIpc) is 2.51. The second kappa shape index (κ2) is 7.88. The van der Waals surface area contributed by atoms with Gasteiger partial charge in [0, 0.05) is 38.3 Å². The SMILES string of the molecule is COCCN(Cc1ccccc1F)C(=O)[C@@H]1CCOC(C)(C)C1. The van der Waals surface area contributed by atoms with Crippen LogP contribution in [0.2, 0.25) is 0 Å². The highest BCUT2D eigenvalue weighted by molar-refractivity contribution is 5.79. The Bertz CT molecular complexity index is 533. The van der Waals surface area contributed by atoms with Crippen LogP contribution in [-0.4, -0.2) is 43.3 Å². The smallest absolute Gasteiger partial charge is 0.226 e. The lowest BCUT2D eigenvalue weighted by molar-refractivity contribution is -0.146. The van der Waals surface area contributed by atoms with E-state index in [1.165, 1.54) is 6.07 Å². The number of benzene rings is 1. The first kappa shape index (κ1) is 17.9. The van der Waals surface area contributed by atoms with Crippen LogP contribution in [0.25, 0.3) is 0 Å². The second-order valence-electron chi connectivity index (χ2n) is 6.64. The summed E-state index contributed by atoms with van der Waals surface area (Å²) in [6, 6.07) is 6.58. The fourth-order valence-corrected chi connectivity index (χ4v) is 3.00. The molecule has 0 aromatic heterocycles. The molecule has 5 heteroatoms. The molecule has 0 saturated carbocycles. The van der Waals surface area contributed by atoms with Crippen molar-refractivity contribution < 1.29 is 18.7 Å². The first-order valence-electron chi connectivity index (χ1n) is 8.08. The van der Waals surface area contributed by atoms with E-state index in [2.05, 4.69) is 0 Å². The minimum Gasteiger partial charge on any atom is -0.383 e. The van der Waals surface area contributed by atoms with E-state index in [0.29, 0.717) is 38.2 Å².